The molecule has 0 bridgehead atoms. The molecule has 1 atom stereocenters. The van der Waals surface area contributed by atoms with Crippen molar-refractivity contribution in [3.05, 3.63) is 28.2 Å². The van der Waals surface area contributed by atoms with E-state index in [0.717, 1.165) is 22.2 Å². The molecule has 0 aliphatic heterocycles. The van der Waals surface area contributed by atoms with Crippen LogP contribution in [0, 0.1) is 5.92 Å². The van der Waals surface area contributed by atoms with Crippen LogP contribution in [-0.2, 0) is 11.2 Å². The molecule has 0 radical (unpaired) electrons. The van der Waals surface area contributed by atoms with Gasteiger partial charge in [0.1, 0.15) is 11.5 Å². The van der Waals surface area contributed by atoms with Gasteiger partial charge in [-0.1, -0.05) is 36.2 Å². The summed E-state index contributed by atoms with van der Waals surface area (Å²) in [5, 5.41) is 0. The number of benzene rings is 1. The van der Waals surface area contributed by atoms with Crippen LogP contribution in [0.4, 0.5) is 0 Å². The first-order chi connectivity index (χ1) is 8.06. The molecule has 17 heavy (non-hydrogen) atoms. The molecule has 1 rings (SSSR count). The number of halogens is 1. The fourth-order valence-corrected chi connectivity index (χ4v) is 2.02. The van der Waals surface area contributed by atoms with Gasteiger partial charge in [0.2, 0.25) is 0 Å². The molecular weight excluding hydrogens is 280 g/mol. The zero-order valence-electron chi connectivity index (χ0n) is 10.6. The number of carbonyl (C=O) groups excluding carboxylic acids is 1. The summed E-state index contributed by atoms with van der Waals surface area (Å²) in [6.45, 7) is 4.22. The molecular formula is C14H19BrO2. The topological polar surface area (TPSA) is 26.3 Å². The zero-order chi connectivity index (χ0) is 12.8. The van der Waals surface area contributed by atoms with E-state index in [1.54, 1.807) is 7.11 Å². The Kier molecular flexibility index (Phi) is 5.69. The van der Waals surface area contributed by atoms with Crippen molar-refractivity contribution >= 4 is 21.7 Å². The van der Waals surface area contributed by atoms with Crippen molar-refractivity contribution < 1.29 is 9.53 Å². The summed E-state index contributed by atoms with van der Waals surface area (Å²) in [5.74, 6) is 1.54. The normalized spacial score (nSPS) is 12.2. The highest BCUT2D eigenvalue weighted by molar-refractivity contribution is 9.10. The molecule has 0 fully saturated rings. The smallest absolute Gasteiger partial charge is 0.137 e. The molecule has 2 nitrogen and oxygen atoms in total. The lowest BCUT2D eigenvalue weighted by molar-refractivity contribution is -0.119. The van der Waals surface area contributed by atoms with Crippen LogP contribution in [0.5, 0.6) is 5.75 Å². The first-order valence-corrected chi connectivity index (χ1v) is 6.70. The minimum Gasteiger partial charge on any atom is -0.497 e. The second-order valence-electron chi connectivity index (χ2n) is 4.39. The van der Waals surface area contributed by atoms with Crippen molar-refractivity contribution in [2.24, 2.45) is 5.92 Å². The Morgan fingerprint density at radius 3 is 2.76 bits per heavy atom. The summed E-state index contributed by atoms with van der Waals surface area (Å²) < 4.78 is 6.13. The first kappa shape index (κ1) is 14.2. The molecule has 0 spiro atoms. The van der Waals surface area contributed by atoms with Crippen molar-refractivity contribution in [2.75, 3.05) is 7.11 Å². The summed E-state index contributed by atoms with van der Waals surface area (Å²) in [6, 6.07) is 5.72. The predicted octanol–water partition coefficient (Wildman–Crippen LogP) is 4.01. The number of Topliss-reactive ketones (excluding diaryl/α,β-unsaturated/α-hetero) is 1. The van der Waals surface area contributed by atoms with Crippen LogP contribution in [0.3, 0.4) is 0 Å². The molecule has 0 aliphatic carbocycles. The van der Waals surface area contributed by atoms with Gasteiger partial charge < -0.3 is 4.74 Å². The number of ether oxygens (including phenoxy) is 1. The van der Waals surface area contributed by atoms with Crippen molar-refractivity contribution in [3.63, 3.8) is 0 Å². The SMILES string of the molecule is CCC(C)CC(=O)Cc1cc(OC)ccc1Br. The van der Waals surface area contributed by atoms with Gasteiger partial charge >= 0.3 is 0 Å². The molecule has 0 amide bonds. The number of hydrogen-bond donors (Lipinski definition) is 0. The van der Waals surface area contributed by atoms with Crippen molar-refractivity contribution in [2.45, 2.75) is 33.1 Å². The maximum Gasteiger partial charge on any atom is 0.137 e. The van der Waals surface area contributed by atoms with Crippen LogP contribution in [0.15, 0.2) is 22.7 Å². The largest absolute Gasteiger partial charge is 0.497 e. The van der Waals surface area contributed by atoms with Gasteiger partial charge in [0.15, 0.2) is 0 Å². The van der Waals surface area contributed by atoms with E-state index in [0.29, 0.717) is 18.8 Å². The maximum absolute atomic E-state index is 11.9. The van der Waals surface area contributed by atoms with Crippen molar-refractivity contribution in [1.82, 2.24) is 0 Å². The molecule has 1 aromatic carbocycles. The van der Waals surface area contributed by atoms with Gasteiger partial charge in [-0.25, -0.2) is 0 Å². The molecule has 0 aromatic heterocycles. The fraction of sp³-hybridized carbons (Fsp3) is 0.500. The van der Waals surface area contributed by atoms with Crippen LogP contribution >= 0.6 is 15.9 Å². The minimum absolute atomic E-state index is 0.285. The van der Waals surface area contributed by atoms with E-state index in [9.17, 15) is 4.79 Å². The number of methoxy groups -OCH3 is 1. The summed E-state index contributed by atoms with van der Waals surface area (Å²) in [4.78, 5) is 11.9. The average molecular weight is 299 g/mol. The Hall–Kier alpha value is -0.830. The Morgan fingerprint density at radius 2 is 2.18 bits per heavy atom. The van der Waals surface area contributed by atoms with Gasteiger partial charge in [-0.05, 0) is 29.7 Å². The van der Waals surface area contributed by atoms with Gasteiger partial charge in [0.05, 0.1) is 7.11 Å². The first-order valence-electron chi connectivity index (χ1n) is 5.91. The number of carbonyl (C=O) groups is 1. The van der Waals surface area contributed by atoms with Crippen LogP contribution in [0.1, 0.15) is 32.3 Å². The van der Waals surface area contributed by atoms with Crippen LogP contribution in [-0.4, -0.2) is 12.9 Å². The Labute approximate surface area is 111 Å². The second-order valence-corrected chi connectivity index (χ2v) is 5.24. The van der Waals surface area contributed by atoms with Gasteiger partial charge in [-0.3, -0.25) is 4.79 Å². The fourth-order valence-electron chi connectivity index (χ4n) is 1.63. The summed E-state index contributed by atoms with van der Waals surface area (Å²) >= 11 is 3.46. The molecule has 0 saturated heterocycles. The zero-order valence-corrected chi connectivity index (χ0v) is 12.2. The number of ketones is 1. The highest BCUT2D eigenvalue weighted by atomic mass is 79.9. The molecule has 3 heteroatoms. The van der Waals surface area contributed by atoms with E-state index < -0.39 is 0 Å². The van der Waals surface area contributed by atoms with Crippen LogP contribution in [0.2, 0.25) is 0 Å². The third-order valence-electron chi connectivity index (χ3n) is 2.91. The molecule has 1 aromatic rings. The third-order valence-corrected chi connectivity index (χ3v) is 3.69. The average Bonchev–Trinajstić information content (AvgIpc) is 2.31. The van der Waals surface area contributed by atoms with Gasteiger partial charge in [-0.15, -0.1) is 0 Å². The van der Waals surface area contributed by atoms with Crippen molar-refractivity contribution in [1.29, 1.82) is 0 Å². The van der Waals surface area contributed by atoms with Crippen LogP contribution in [0.25, 0.3) is 0 Å². The second kappa shape index (κ2) is 6.80. The molecule has 94 valence electrons. The standard InChI is InChI=1S/C14H19BrO2/c1-4-10(2)7-12(16)8-11-9-13(17-3)5-6-14(11)15/h5-6,9-10H,4,7-8H2,1-3H3. The summed E-state index contributed by atoms with van der Waals surface area (Å²) in [5.41, 5.74) is 0.998. The third kappa shape index (κ3) is 4.50. The van der Waals surface area contributed by atoms with E-state index in [1.165, 1.54) is 0 Å². The van der Waals surface area contributed by atoms with E-state index in [2.05, 4.69) is 29.8 Å². The monoisotopic (exact) mass is 298 g/mol. The minimum atomic E-state index is 0.285. The lowest BCUT2D eigenvalue weighted by Gasteiger charge is -2.09. The maximum atomic E-state index is 11.9. The Balaban J connectivity index is 2.70. The van der Waals surface area contributed by atoms with E-state index in [1.807, 2.05) is 18.2 Å². The number of hydrogen-bond acceptors (Lipinski definition) is 2. The molecule has 1 unspecified atom stereocenters. The van der Waals surface area contributed by atoms with Crippen LogP contribution < -0.4 is 4.74 Å². The van der Waals surface area contributed by atoms with E-state index in [-0.39, 0.29) is 5.78 Å². The van der Waals surface area contributed by atoms with Gasteiger partial charge in [0, 0.05) is 17.3 Å². The molecule has 0 saturated carbocycles. The number of rotatable bonds is 6. The highest BCUT2D eigenvalue weighted by Crippen LogP contribution is 2.23. The molecule has 0 N–H and O–H groups in total. The highest BCUT2D eigenvalue weighted by Gasteiger charge is 2.11. The van der Waals surface area contributed by atoms with Gasteiger partial charge in [0.25, 0.3) is 0 Å². The van der Waals surface area contributed by atoms with Gasteiger partial charge in [-0.2, -0.15) is 0 Å². The Bertz CT molecular complexity index is 388. The summed E-state index contributed by atoms with van der Waals surface area (Å²) in [7, 11) is 1.63. The lowest BCUT2D eigenvalue weighted by atomic mass is 9.98. The van der Waals surface area contributed by atoms with Crippen molar-refractivity contribution in [3.8, 4) is 5.75 Å². The Morgan fingerprint density at radius 1 is 1.47 bits per heavy atom. The quantitative estimate of drug-likeness (QED) is 0.793. The predicted molar refractivity (Wildman–Crippen MR) is 73.5 cm³/mol. The lowest BCUT2D eigenvalue weighted by Crippen LogP contribution is -2.08. The van der Waals surface area contributed by atoms with E-state index in [4.69, 9.17) is 4.74 Å². The van der Waals surface area contributed by atoms with E-state index >= 15 is 0 Å². The summed E-state index contributed by atoms with van der Waals surface area (Å²) in [6.07, 6.45) is 2.17. The molecule has 0 heterocycles. The molecule has 0 aliphatic rings.